The second-order valence-electron chi connectivity index (χ2n) is 6.83. The Labute approximate surface area is 186 Å². The molecule has 4 aromatic rings. The summed E-state index contributed by atoms with van der Waals surface area (Å²) in [6.45, 7) is 3.22. The lowest BCUT2D eigenvalue weighted by Crippen LogP contribution is -2.25. The largest absolute Gasteiger partial charge is 0.495 e. The van der Waals surface area contributed by atoms with Gasteiger partial charge in [0.2, 0.25) is 0 Å². The third kappa shape index (κ3) is 3.78. The number of rotatable bonds is 5. The zero-order valence-corrected chi connectivity index (χ0v) is 18.6. The number of fused-ring (bicyclic) bond motifs is 2. The van der Waals surface area contributed by atoms with E-state index in [1.807, 2.05) is 6.07 Å². The minimum atomic E-state index is -0.767. The van der Waals surface area contributed by atoms with Crippen LogP contribution in [0.15, 0.2) is 30.5 Å². The number of nitrogens with zero attached hydrogens (tertiary/aromatic N) is 2. The number of thiazole rings is 1. The van der Waals surface area contributed by atoms with Crippen molar-refractivity contribution < 1.29 is 19.0 Å². The van der Waals surface area contributed by atoms with E-state index < -0.39 is 18.0 Å². The topological polar surface area (TPSA) is 64.5 Å². The fraction of sp³-hybridized carbons (Fsp3) is 0.238. The molecule has 2 aromatic carbocycles. The standard InChI is InChI=1S/C21H17Cl2FN2O3S/c1-9(27)10(2)29-15-7-16-20(17(23)18(15)24)26-21(30-16)14-6-12(22)4-11-5-13(28-3)8-25-19(11)14/h4-10,27H,1-3H3/t9-,10+/m1/s1. The molecule has 4 rings (SSSR count). The quantitative estimate of drug-likeness (QED) is 0.384. The van der Waals surface area contributed by atoms with E-state index in [2.05, 4.69) is 9.97 Å². The third-order valence-electron chi connectivity index (χ3n) is 4.71. The second-order valence-corrected chi connectivity index (χ2v) is 8.68. The highest BCUT2D eigenvalue weighted by atomic mass is 35.5. The molecule has 30 heavy (non-hydrogen) atoms. The van der Waals surface area contributed by atoms with Gasteiger partial charge in [0.05, 0.1) is 29.6 Å². The normalized spacial score (nSPS) is 13.6. The number of ether oxygens (including phenoxy) is 2. The molecule has 156 valence electrons. The molecule has 0 radical (unpaired) electrons. The van der Waals surface area contributed by atoms with Gasteiger partial charge in [-0.05, 0) is 32.0 Å². The van der Waals surface area contributed by atoms with E-state index in [4.69, 9.17) is 32.7 Å². The highest BCUT2D eigenvalue weighted by Gasteiger charge is 2.21. The average Bonchev–Trinajstić information content (AvgIpc) is 3.14. The predicted molar refractivity (Wildman–Crippen MR) is 119 cm³/mol. The molecule has 2 aromatic heterocycles. The van der Waals surface area contributed by atoms with Gasteiger partial charge in [-0.1, -0.05) is 23.2 Å². The number of aliphatic hydroxyl groups is 1. The smallest absolute Gasteiger partial charge is 0.185 e. The van der Waals surface area contributed by atoms with Crippen molar-refractivity contribution in [2.75, 3.05) is 7.11 Å². The number of aliphatic hydroxyl groups excluding tert-OH is 1. The van der Waals surface area contributed by atoms with Crippen LogP contribution in [0.3, 0.4) is 0 Å². The fourth-order valence-electron chi connectivity index (χ4n) is 2.95. The van der Waals surface area contributed by atoms with Gasteiger partial charge in [-0.25, -0.2) is 9.37 Å². The van der Waals surface area contributed by atoms with Gasteiger partial charge in [0.1, 0.15) is 27.4 Å². The number of hydrogen-bond donors (Lipinski definition) is 1. The van der Waals surface area contributed by atoms with Crippen molar-refractivity contribution in [3.05, 3.63) is 46.3 Å². The Hall–Kier alpha value is -2.19. The Balaban J connectivity index is 1.87. The van der Waals surface area contributed by atoms with Crippen LogP contribution in [0.4, 0.5) is 4.39 Å². The van der Waals surface area contributed by atoms with Crippen LogP contribution in [0.5, 0.6) is 11.5 Å². The van der Waals surface area contributed by atoms with Gasteiger partial charge in [0.25, 0.3) is 0 Å². The van der Waals surface area contributed by atoms with E-state index in [0.29, 0.717) is 37.1 Å². The number of methoxy groups -OCH3 is 1. The Morgan fingerprint density at radius 3 is 2.60 bits per heavy atom. The molecule has 0 amide bonds. The Bertz CT molecular complexity index is 1260. The van der Waals surface area contributed by atoms with Crippen LogP contribution >= 0.6 is 34.5 Å². The zero-order chi connectivity index (χ0) is 21.6. The SMILES string of the molecule is COc1cnc2c(-c3nc4c(Cl)c(F)c(O[C@@H](C)[C@@H](C)O)cc4s3)cc(Cl)cc2c1. The van der Waals surface area contributed by atoms with Crippen molar-refractivity contribution in [1.29, 1.82) is 0 Å². The van der Waals surface area contributed by atoms with Crippen LogP contribution in [0, 0.1) is 5.82 Å². The van der Waals surface area contributed by atoms with Crippen molar-refractivity contribution in [3.8, 4) is 22.1 Å². The lowest BCUT2D eigenvalue weighted by Gasteiger charge is -2.17. The molecule has 5 nitrogen and oxygen atoms in total. The number of pyridine rings is 1. The first-order chi connectivity index (χ1) is 14.3. The fourth-order valence-corrected chi connectivity index (χ4v) is 4.49. The van der Waals surface area contributed by atoms with E-state index in [9.17, 15) is 9.50 Å². The van der Waals surface area contributed by atoms with Crippen LogP contribution in [0.25, 0.3) is 31.7 Å². The van der Waals surface area contributed by atoms with Crippen molar-refractivity contribution in [2.24, 2.45) is 0 Å². The summed E-state index contributed by atoms with van der Waals surface area (Å²) >= 11 is 13.9. The maximum absolute atomic E-state index is 14.7. The van der Waals surface area contributed by atoms with E-state index in [1.165, 1.54) is 11.3 Å². The minimum absolute atomic E-state index is 0.0325. The summed E-state index contributed by atoms with van der Waals surface area (Å²) in [6.07, 6.45) is 0.247. The molecule has 0 bridgehead atoms. The molecule has 0 saturated carbocycles. The van der Waals surface area contributed by atoms with Crippen molar-refractivity contribution in [3.63, 3.8) is 0 Å². The Morgan fingerprint density at radius 2 is 1.90 bits per heavy atom. The first-order valence-electron chi connectivity index (χ1n) is 9.05. The molecule has 1 N–H and O–H groups in total. The molecule has 0 fully saturated rings. The molecule has 2 atom stereocenters. The maximum Gasteiger partial charge on any atom is 0.185 e. The first-order valence-corrected chi connectivity index (χ1v) is 10.6. The molecule has 0 aliphatic heterocycles. The molecule has 0 aliphatic rings. The molecular formula is C21H17Cl2FN2O3S. The summed E-state index contributed by atoms with van der Waals surface area (Å²) < 4.78 is 26.2. The van der Waals surface area contributed by atoms with Crippen LogP contribution in [0.1, 0.15) is 13.8 Å². The summed E-state index contributed by atoms with van der Waals surface area (Å²) in [5.74, 6) is -0.138. The van der Waals surface area contributed by atoms with Crippen molar-refractivity contribution in [2.45, 2.75) is 26.1 Å². The minimum Gasteiger partial charge on any atom is -0.495 e. The second kappa shape index (κ2) is 8.15. The highest BCUT2D eigenvalue weighted by Crippen LogP contribution is 2.41. The number of hydrogen-bond acceptors (Lipinski definition) is 6. The van der Waals surface area contributed by atoms with Crippen LogP contribution in [-0.4, -0.2) is 34.4 Å². The van der Waals surface area contributed by atoms with Gasteiger partial charge in [-0.3, -0.25) is 4.98 Å². The highest BCUT2D eigenvalue weighted by molar-refractivity contribution is 7.21. The van der Waals surface area contributed by atoms with E-state index in [1.54, 1.807) is 45.4 Å². The first kappa shape index (κ1) is 21.1. The van der Waals surface area contributed by atoms with Crippen LogP contribution in [0.2, 0.25) is 10.0 Å². The molecule has 0 aliphatic carbocycles. The average molecular weight is 467 g/mol. The van der Waals surface area contributed by atoms with Gasteiger partial charge >= 0.3 is 0 Å². The molecular weight excluding hydrogens is 450 g/mol. The van der Waals surface area contributed by atoms with E-state index in [-0.39, 0.29) is 10.8 Å². The van der Waals surface area contributed by atoms with E-state index in [0.717, 1.165) is 5.39 Å². The summed E-state index contributed by atoms with van der Waals surface area (Å²) in [5, 5.41) is 11.4. The van der Waals surface area contributed by atoms with Crippen molar-refractivity contribution >= 4 is 55.7 Å². The van der Waals surface area contributed by atoms with Gasteiger partial charge in [-0.2, -0.15) is 0 Å². The number of benzene rings is 2. The monoisotopic (exact) mass is 466 g/mol. The Morgan fingerprint density at radius 1 is 1.13 bits per heavy atom. The van der Waals surface area contributed by atoms with Gasteiger partial charge in [-0.15, -0.1) is 11.3 Å². The third-order valence-corrected chi connectivity index (χ3v) is 6.31. The molecule has 0 saturated heterocycles. The van der Waals surface area contributed by atoms with E-state index >= 15 is 0 Å². The summed E-state index contributed by atoms with van der Waals surface area (Å²) in [4.78, 5) is 9.02. The molecule has 0 spiro atoms. The molecule has 0 unspecified atom stereocenters. The zero-order valence-electron chi connectivity index (χ0n) is 16.2. The lowest BCUT2D eigenvalue weighted by molar-refractivity contribution is 0.0580. The van der Waals surface area contributed by atoms with Gasteiger partial charge < -0.3 is 14.6 Å². The van der Waals surface area contributed by atoms with Crippen LogP contribution in [-0.2, 0) is 0 Å². The maximum atomic E-state index is 14.7. The Kier molecular flexibility index (Phi) is 5.72. The van der Waals surface area contributed by atoms with Gasteiger partial charge in [0.15, 0.2) is 11.6 Å². The summed E-state index contributed by atoms with van der Waals surface area (Å²) in [5.41, 5.74) is 1.72. The van der Waals surface area contributed by atoms with Crippen molar-refractivity contribution in [1.82, 2.24) is 9.97 Å². The summed E-state index contributed by atoms with van der Waals surface area (Å²) in [7, 11) is 1.57. The number of aromatic nitrogens is 2. The number of halogens is 3. The molecule has 9 heteroatoms. The van der Waals surface area contributed by atoms with Crippen LogP contribution < -0.4 is 9.47 Å². The molecule has 2 heterocycles. The summed E-state index contributed by atoms with van der Waals surface area (Å²) in [6, 6.07) is 6.93. The van der Waals surface area contributed by atoms with Gasteiger partial charge in [0, 0.05) is 22.0 Å². The lowest BCUT2D eigenvalue weighted by atomic mass is 10.1. The predicted octanol–water partition coefficient (Wildman–Crippen LogP) is 6.11.